The first-order valence-electron chi connectivity index (χ1n) is 8.88. The molecule has 1 amide bonds. The summed E-state index contributed by atoms with van der Waals surface area (Å²) in [6.45, 7) is 3.42. The monoisotopic (exact) mass is 442 g/mol. The zero-order chi connectivity index (χ0) is 20.9. The molecule has 2 aromatic carbocycles. The standard InChI is InChI=1S/C20H24Cl2N2O3S/c1-14(9-10-16-7-5-4-6-8-16)23-20(25)15(2)24(28(3,26)27)19-13-17(21)11-12-18(19)22/h4-8,11-15H,9-10H2,1-3H3,(H,23,25)/t14-,15+/m1/s1. The molecule has 0 heterocycles. The Hall–Kier alpha value is -1.76. The van der Waals surface area contributed by atoms with E-state index in [1.807, 2.05) is 37.3 Å². The highest BCUT2D eigenvalue weighted by Gasteiger charge is 2.31. The van der Waals surface area contributed by atoms with E-state index < -0.39 is 22.0 Å². The number of halogens is 2. The fourth-order valence-corrected chi connectivity index (χ4v) is 4.50. The second-order valence-electron chi connectivity index (χ2n) is 6.76. The van der Waals surface area contributed by atoms with E-state index in [2.05, 4.69) is 5.32 Å². The average Bonchev–Trinajstić information content (AvgIpc) is 2.62. The topological polar surface area (TPSA) is 66.5 Å². The minimum Gasteiger partial charge on any atom is -0.352 e. The Bertz CT molecular complexity index is 920. The quantitative estimate of drug-likeness (QED) is 0.662. The van der Waals surface area contributed by atoms with Gasteiger partial charge >= 0.3 is 0 Å². The van der Waals surface area contributed by atoms with Gasteiger partial charge in [-0.15, -0.1) is 0 Å². The summed E-state index contributed by atoms with van der Waals surface area (Å²) in [4.78, 5) is 12.7. The van der Waals surface area contributed by atoms with Crippen LogP contribution in [0, 0.1) is 0 Å². The molecule has 0 aromatic heterocycles. The van der Waals surface area contributed by atoms with Crippen LogP contribution in [0.5, 0.6) is 0 Å². The van der Waals surface area contributed by atoms with Gasteiger partial charge in [-0.2, -0.15) is 0 Å². The van der Waals surface area contributed by atoms with E-state index in [9.17, 15) is 13.2 Å². The van der Waals surface area contributed by atoms with Gasteiger partial charge < -0.3 is 5.32 Å². The minimum atomic E-state index is -3.76. The number of nitrogens with one attached hydrogen (secondary N) is 1. The molecule has 8 heteroatoms. The predicted molar refractivity (Wildman–Crippen MR) is 116 cm³/mol. The normalized spacial score (nSPS) is 13.6. The molecule has 0 aliphatic carbocycles. The maximum atomic E-state index is 12.7. The molecule has 0 aliphatic heterocycles. The molecule has 0 saturated carbocycles. The Balaban J connectivity index is 2.12. The van der Waals surface area contributed by atoms with E-state index in [1.165, 1.54) is 24.6 Å². The van der Waals surface area contributed by atoms with Crippen molar-refractivity contribution in [2.75, 3.05) is 10.6 Å². The number of benzene rings is 2. The summed E-state index contributed by atoms with van der Waals surface area (Å²) < 4.78 is 25.8. The van der Waals surface area contributed by atoms with E-state index >= 15 is 0 Å². The number of rotatable bonds is 8. The minimum absolute atomic E-state index is 0.119. The van der Waals surface area contributed by atoms with E-state index in [0.29, 0.717) is 5.02 Å². The number of carbonyl (C=O) groups is 1. The molecule has 0 bridgehead atoms. The molecular formula is C20H24Cl2N2O3S. The summed E-state index contributed by atoms with van der Waals surface area (Å²) in [5.74, 6) is -0.401. The van der Waals surface area contributed by atoms with Gasteiger partial charge in [-0.1, -0.05) is 53.5 Å². The first-order chi connectivity index (χ1) is 13.1. The first-order valence-corrected chi connectivity index (χ1v) is 11.5. The van der Waals surface area contributed by atoms with Crippen molar-refractivity contribution < 1.29 is 13.2 Å². The van der Waals surface area contributed by atoms with E-state index in [4.69, 9.17) is 23.2 Å². The third kappa shape index (κ3) is 6.12. The molecule has 2 rings (SSSR count). The smallest absolute Gasteiger partial charge is 0.243 e. The summed E-state index contributed by atoms with van der Waals surface area (Å²) in [5.41, 5.74) is 1.36. The van der Waals surface area contributed by atoms with Crippen LogP contribution in [0.3, 0.4) is 0 Å². The Morgan fingerprint density at radius 1 is 1.11 bits per heavy atom. The van der Waals surface area contributed by atoms with Crippen molar-refractivity contribution in [3.63, 3.8) is 0 Å². The molecule has 0 radical (unpaired) electrons. The zero-order valence-corrected chi connectivity index (χ0v) is 18.4. The van der Waals surface area contributed by atoms with Gasteiger partial charge in [0.2, 0.25) is 15.9 Å². The highest BCUT2D eigenvalue weighted by atomic mass is 35.5. The lowest BCUT2D eigenvalue weighted by Gasteiger charge is -2.30. The third-order valence-corrected chi connectivity index (χ3v) is 6.11. The van der Waals surface area contributed by atoms with E-state index in [0.717, 1.165) is 23.4 Å². The highest BCUT2D eigenvalue weighted by molar-refractivity contribution is 7.92. The Morgan fingerprint density at radius 2 is 1.75 bits per heavy atom. The molecule has 0 spiro atoms. The molecule has 0 saturated heterocycles. The lowest BCUT2D eigenvalue weighted by molar-refractivity contribution is -0.122. The van der Waals surface area contributed by atoms with Gasteiger partial charge in [0.25, 0.3) is 0 Å². The average molecular weight is 443 g/mol. The second-order valence-corrected chi connectivity index (χ2v) is 9.47. The third-order valence-electron chi connectivity index (χ3n) is 4.33. The Morgan fingerprint density at radius 3 is 2.36 bits per heavy atom. The van der Waals surface area contributed by atoms with Gasteiger partial charge in [0.15, 0.2) is 0 Å². The van der Waals surface area contributed by atoms with Crippen LogP contribution in [-0.4, -0.2) is 32.7 Å². The number of hydrogen-bond donors (Lipinski definition) is 1. The molecular weight excluding hydrogens is 419 g/mol. The lowest BCUT2D eigenvalue weighted by atomic mass is 10.1. The molecule has 2 aromatic rings. The summed E-state index contributed by atoms with van der Waals surface area (Å²) >= 11 is 12.2. The van der Waals surface area contributed by atoms with Crippen molar-refractivity contribution in [1.82, 2.24) is 5.32 Å². The number of anilines is 1. The van der Waals surface area contributed by atoms with Crippen LogP contribution < -0.4 is 9.62 Å². The summed E-state index contributed by atoms with van der Waals surface area (Å²) in [5, 5.41) is 3.42. The summed E-state index contributed by atoms with van der Waals surface area (Å²) in [6.07, 6.45) is 2.58. The van der Waals surface area contributed by atoms with Crippen molar-refractivity contribution in [2.45, 2.75) is 38.8 Å². The van der Waals surface area contributed by atoms with E-state index in [-0.39, 0.29) is 16.8 Å². The maximum Gasteiger partial charge on any atom is 0.243 e. The molecule has 0 unspecified atom stereocenters. The molecule has 0 fully saturated rings. The molecule has 5 nitrogen and oxygen atoms in total. The van der Waals surface area contributed by atoms with Crippen molar-refractivity contribution in [3.05, 3.63) is 64.1 Å². The van der Waals surface area contributed by atoms with Gasteiger partial charge in [-0.05, 0) is 50.5 Å². The lowest BCUT2D eigenvalue weighted by Crippen LogP contribution is -2.50. The number of sulfonamides is 1. The molecule has 0 aliphatic rings. The van der Waals surface area contributed by atoms with Crippen LogP contribution in [0.4, 0.5) is 5.69 Å². The highest BCUT2D eigenvalue weighted by Crippen LogP contribution is 2.32. The van der Waals surface area contributed by atoms with Crippen LogP contribution in [0.1, 0.15) is 25.8 Å². The van der Waals surface area contributed by atoms with Gasteiger partial charge in [-0.25, -0.2) is 8.42 Å². The summed E-state index contributed by atoms with van der Waals surface area (Å²) in [6, 6.07) is 13.4. The van der Waals surface area contributed by atoms with Crippen LogP contribution in [0.2, 0.25) is 10.0 Å². The van der Waals surface area contributed by atoms with Crippen molar-refractivity contribution in [1.29, 1.82) is 0 Å². The largest absolute Gasteiger partial charge is 0.352 e. The van der Waals surface area contributed by atoms with E-state index in [1.54, 1.807) is 6.07 Å². The molecule has 28 heavy (non-hydrogen) atoms. The Labute approximate surface area is 176 Å². The van der Waals surface area contributed by atoms with Crippen LogP contribution in [0.15, 0.2) is 48.5 Å². The predicted octanol–water partition coefficient (Wildman–Crippen LogP) is 4.29. The van der Waals surface area contributed by atoms with Gasteiger partial charge in [0.1, 0.15) is 6.04 Å². The van der Waals surface area contributed by atoms with Crippen LogP contribution in [-0.2, 0) is 21.2 Å². The van der Waals surface area contributed by atoms with Gasteiger partial charge in [0, 0.05) is 11.1 Å². The molecule has 1 N–H and O–H groups in total. The fourth-order valence-electron chi connectivity index (χ4n) is 2.90. The fraction of sp³-hybridized carbons (Fsp3) is 0.350. The first kappa shape index (κ1) is 22.5. The summed E-state index contributed by atoms with van der Waals surface area (Å²) in [7, 11) is -3.76. The van der Waals surface area contributed by atoms with Crippen LogP contribution in [0.25, 0.3) is 0 Å². The zero-order valence-electron chi connectivity index (χ0n) is 16.0. The van der Waals surface area contributed by atoms with Crippen LogP contribution >= 0.6 is 23.2 Å². The van der Waals surface area contributed by atoms with Crippen molar-refractivity contribution in [3.8, 4) is 0 Å². The second kappa shape index (κ2) is 9.63. The number of carbonyl (C=O) groups excluding carboxylic acids is 1. The van der Waals surface area contributed by atoms with Crippen molar-refractivity contribution >= 4 is 44.8 Å². The van der Waals surface area contributed by atoms with Gasteiger partial charge in [-0.3, -0.25) is 9.10 Å². The number of nitrogens with zero attached hydrogens (tertiary/aromatic N) is 1. The Kier molecular flexibility index (Phi) is 7.75. The van der Waals surface area contributed by atoms with Crippen molar-refractivity contribution in [2.24, 2.45) is 0 Å². The molecule has 152 valence electrons. The molecule has 2 atom stereocenters. The number of aryl methyl sites for hydroxylation is 1. The van der Waals surface area contributed by atoms with Gasteiger partial charge in [0.05, 0.1) is 17.0 Å². The number of hydrogen-bond acceptors (Lipinski definition) is 3. The number of amides is 1. The maximum absolute atomic E-state index is 12.7. The SMILES string of the molecule is C[C@H](CCc1ccccc1)NC(=O)[C@H](C)N(c1cc(Cl)ccc1Cl)S(C)(=O)=O.